The number of unbranched alkanes of at least 4 members (excludes halogenated alkanes) is 11. The monoisotopic (exact) mass is 450 g/mol. The van der Waals surface area contributed by atoms with Crippen molar-refractivity contribution in [1.82, 2.24) is 5.32 Å². The van der Waals surface area contributed by atoms with Gasteiger partial charge < -0.3 is 14.9 Å². The lowest BCUT2D eigenvalue weighted by molar-refractivity contribution is -0.925. The zero-order chi connectivity index (χ0) is 23.8. The minimum absolute atomic E-state index is 0.113. The van der Waals surface area contributed by atoms with E-state index in [-0.39, 0.29) is 12.5 Å². The molecular formula is C27H52N3O2+. The largest absolute Gasteiger partial charge is 0.391 e. The van der Waals surface area contributed by atoms with Crippen LogP contribution < -0.4 is 5.32 Å². The molecule has 0 aliphatic rings. The summed E-state index contributed by atoms with van der Waals surface area (Å²) in [6, 6.07) is 2.20. The molecule has 0 aliphatic heterocycles. The molecule has 0 aromatic carbocycles. The average molecular weight is 451 g/mol. The zero-order valence-corrected chi connectivity index (χ0v) is 21.3. The van der Waals surface area contributed by atoms with Gasteiger partial charge in [0.15, 0.2) is 0 Å². The highest BCUT2D eigenvalue weighted by Crippen LogP contribution is 2.10. The fourth-order valence-electron chi connectivity index (χ4n) is 4.19. The van der Waals surface area contributed by atoms with Crippen molar-refractivity contribution in [3.8, 4) is 6.07 Å². The van der Waals surface area contributed by atoms with E-state index in [2.05, 4.69) is 37.4 Å². The van der Waals surface area contributed by atoms with Crippen molar-refractivity contribution in [2.24, 2.45) is 0 Å². The number of nitrogens with zero attached hydrogens (tertiary/aromatic N) is 2. The molecule has 0 aliphatic carbocycles. The Morgan fingerprint density at radius 2 is 1.47 bits per heavy atom. The molecule has 0 fully saturated rings. The van der Waals surface area contributed by atoms with Crippen molar-refractivity contribution >= 4 is 5.91 Å². The van der Waals surface area contributed by atoms with E-state index in [1.165, 1.54) is 70.6 Å². The van der Waals surface area contributed by atoms with Gasteiger partial charge in [0.25, 0.3) is 0 Å². The van der Waals surface area contributed by atoms with E-state index >= 15 is 0 Å². The molecule has 0 bridgehead atoms. The first kappa shape index (κ1) is 30.6. The molecule has 0 aromatic heterocycles. The number of rotatable bonds is 23. The van der Waals surface area contributed by atoms with Gasteiger partial charge in [-0.15, -0.1) is 0 Å². The molecule has 1 unspecified atom stereocenters. The molecule has 0 rings (SSSR count). The molecule has 0 spiro atoms. The third-order valence-electron chi connectivity index (χ3n) is 6.52. The molecule has 0 saturated carbocycles. The number of nitrogens with one attached hydrogen (secondary N) is 1. The summed E-state index contributed by atoms with van der Waals surface area (Å²) >= 11 is 0. The van der Waals surface area contributed by atoms with Crippen molar-refractivity contribution in [2.45, 2.75) is 110 Å². The van der Waals surface area contributed by atoms with Crippen molar-refractivity contribution < 1.29 is 14.4 Å². The minimum atomic E-state index is 0.113. The van der Waals surface area contributed by atoms with Crippen LogP contribution >= 0.6 is 0 Å². The van der Waals surface area contributed by atoms with Crippen LogP contribution in [0.25, 0.3) is 0 Å². The summed E-state index contributed by atoms with van der Waals surface area (Å²) in [5.41, 5.74) is 0. The van der Waals surface area contributed by atoms with Gasteiger partial charge in [-0.1, -0.05) is 70.4 Å². The molecule has 5 heteroatoms. The number of allylic oxidation sites excluding steroid dienone is 2. The van der Waals surface area contributed by atoms with Gasteiger partial charge in [-0.05, 0) is 39.0 Å². The van der Waals surface area contributed by atoms with Gasteiger partial charge in [-0.3, -0.25) is 4.79 Å². The first-order valence-electron chi connectivity index (χ1n) is 13.4. The molecule has 186 valence electrons. The van der Waals surface area contributed by atoms with E-state index in [1.807, 2.05) is 0 Å². The molecule has 1 atom stereocenters. The summed E-state index contributed by atoms with van der Waals surface area (Å²) in [4.78, 5) is 12.1. The van der Waals surface area contributed by atoms with Gasteiger partial charge in [0, 0.05) is 6.42 Å². The molecule has 1 amide bonds. The Balaban J connectivity index is 3.63. The van der Waals surface area contributed by atoms with Crippen LogP contribution in [0.2, 0.25) is 0 Å². The summed E-state index contributed by atoms with van der Waals surface area (Å²) in [5.74, 6) is 0.126. The van der Waals surface area contributed by atoms with Crippen LogP contribution in [0.15, 0.2) is 12.2 Å². The number of aliphatic hydroxyl groups excluding tert-OH is 1. The van der Waals surface area contributed by atoms with Crippen molar-refractivity contribution in [1.29, 1.82) is 5.26 Å². The highest BCUT2D eigenvalue weighted by atomic mass is 16.3. The molecular weight excluding hydrogens is 398 g/mol. The maximum Gasteiger partial charge on any atom is 0.220 e. The van der Waals surface area contributed by atoms with E-state index in [4.69, 9.17) is 5.26 Å². The van der Waals surface area contributed by atoms with Crippen LogP contribution in [-0.4, -0.2) is 54.8 Å². The van der Waals surface area contributed by atoms with Crippen LogP contribution in [0.1, 0.15) is 110 Å². The molecule has 32 heavy (non-hydrogen) atoms. The van der Waals surface area contributed by atoms with Crippen molar-refractivity contribution in [2.75, 3.05) is 39.3 Å². The normalized spacial score (nSPS) is 13.2. The number of amides is 1. The molecule has 0 aromatic rings. The summed E-state index contributed by atoms with van der Waals surface area (Å²) in [6.45, 7) is 8.09. The van der Waals surface area contributed by atoms with E-state index in [9.17, 15) is 9.90 Å². The summed E-state index contributed by atoms with van der Waals surface area (Å²) < 4.78 is 0.692. The molecule has 0 saturated heterocycles. The van der Waals surface area contributed by atoms with Gasteiger partial charge in [0.1, 0.15) is 6.54 Å². The SMILES string of the molecule is CCCCCCCCC=CCCCCCCCC(=O)NCC[N+](CC)(CCO)CCC#N. The lowest BCUT2D eigenvalue weighted by Crippen LogP contribution is -2.53. The van der Waals surface area contributed by atoms with Gasteiger partial charge in [-0.2, -0.15) is 5.26 Å². The number of carbonyl (C=O) groups is 1. The number of quaternary nitrogens is 1. The van der Waals surface area contributed by atoms with Crippen LogP contribution in [0.5, 0.6) is 0 Å². The topological polar surface area (TPSA) is 73.1 Å². The number of hydrogen-bond acceptors (Lipinski definition) is 3. The number of likely N-dealkylation sites (N-methyl/N-ethyl adjacent to an activating group) is 1. The first-order valence-corrected chi connectivity index (χ1v) is 13.4. The summed E-state index contributed by atoms with van der Waals surface area (Å²) in [6.07, 6.45) is 22.2. The molecule has 0 heterocycles. The van der Waals surface area contributed by atoms with Crippen LogP contribution in [0.4, 0.5) is 0 Å². The second-order valence-corrected chi connectivity index (χ2v) is 9.14. The third-order valence-corrected chi connectivity index (χ3v) is 6.52. The Morgan fingerprint density at radius 1 is 0.875 bits per heavy atom. The van der Waals surface area contributed by atoms with Crippen LogP contribution in [-0.2, 0) is 4.79 Å². The third kappa shape index (κ3) is 18.2. The smallest absolute Gasteiger partial charge is 0.220 e. The predicted molar refractivity (Wildman–Crippen MR) is 135 cm³/mol. The maximum absolute atomic E-state index is 12.1. The molecule has 2 N–H and O–H groups in total. The highest BCUT2D eigenvalue weighted by molar-refractivity contribution is 5.75. The zero-order valence-electron chi connectivity index (χ0n) is 21.3. The lowest BCUT2D eigenvalue weighted by Gasteiger charge is -2.36. The minimum Gasteiger partial charge on any atom is -0.391 e. The molecule has 5 nitrogen and oxygen atoms in total. The predicted octanol–water partition coefficient (Wildman–Crippen LogP) is 5.88. The number of carbonyl (C=O) groups excluding carboxylic acids is 1. The van der Waals surface area contributed by atoms with E-state index in [0.717, 1.165) is 32.5 Å². The van der Waals surface area contributed by atoms with Gasteiger partial charge in [-0.25, -0.2) is 0 Å². The fraction of sp³-hybridized carbons (Fsp3) is 0.852. The van der Waals surface area contributed by atoms with Gasteiger partial charge >= 0.3 is 0 Å². The number of nitriles is 1. The van der Waals surface area contributed by atoms with Crippen molar-refractivity contribution in [3.05, 3.63) is 12.2 Å². The average Bonchev–Trinajstić information content (AvgIpc) is 2.80. The Bertz CT molecular complexity index is 502. The fourth-order valence-corrected chi connectivity index (χ4v) is 4.19. The highest BCUT2D eigenvalue weighted by Gasteiger charge is 2.24. The second kappa shape index (κ2) is 22.8. The quantitative estimate of drug-likeness (QED) is 0.116. The Labute approximate surface area is 198 Å². The van der Waals surface area contributed by atoms with Crippen LogP contribution in [0, 0.1) is 11.3 Å². The van der Waals surface area contributed by atoms with Gasteiger partial charge in [0.05, 0.1) is 45.3 Å². The van der Waals surface area contributed by atoms with E-state index in [1.54, 1.807) is 0 Å². The molecule has 0 radical (unpaired) electrons. The maximum atomic E-state index is 12.1. The van der Waals surface area contributed by atoms with E-state index < -0.39 is 0 Å². The Kier molecular flexibility index (Phi) is 21.8. The Morgan fingerprint density at radius 3 is 2.03 bits per heavy atom. The van der Waals surface area contributed by atoms with Crippen LogP contribution in [0.3, 0.4) is 0 Å². The lowest BCUT2D eigenvalue weighted by atomic mass is 10.1. The summed E-state index contributed by atoms with van der Waals surface area (Å²) in [7, 11) is 0. The van der Waals surface area contributed by atoms with E-state index in [0.29, 0.717) is 30.4 Å². The number of aliphatic hydroxyl groups is 1. The number of hydrogen-bond donors (Lipinski definition) is 2. The Hall–Kier alpha value is -1.38. The standard InChI is InChI=1S/C27H51N3O2/c1-3-5-6-7-8-9-10-11-12-13-14-15-16-17-18-20-27(32)29-22-24-30(4-2,25-26-31)23-19-21-28/h11-12,31H,3-10,13-20,22-26H2,1-2H3/p+1. The summed E-state index contributed by atoms with van der Waals surface area (Å²) in [5, 5.41) is 21.3. The van der Waals surface area contributed by atoms with Crippen molar-refractivity contribution in [3.63, 3.8) is 0 Å². The first-order chi connectivity index (χ1) is 15.6. The van der Waals surface area contributed by atoms with Gasteiger partial charge in [0.2, 0.25) is 5.91 Å². The second-order valence-electron chi connectivity index (χ2n) is 9.14.